The second-order valence-corrected chi connectivity index (χ2v) is 4.26. The normalized spacial score (nSPS) is 10.5. The second-order valence-electron chi connectivity index (χ2n) is 4.26. The first kappa shape index (κ1) is 12.3. The molecule has 100 valence electrons. The van der Waals surface area contributed by atoms with Gasteiger partial charge in [0.05, 0.1) is 7.11 Å². The molecule has 3 aromatic rings. The van der Waals surface area contributed by atoms with E-state index >= 15 is 0 Å². The Morgan fingerprint density at radius 2 is 1.95 bits per heavy atom. The van der Waals surface area contributed by atoms with Gasteiger partial charge in [-0.25, -0.2) is 9.97 Å². The average Bonchev–Trinajstić information content (AvgIpc) is 2.53. The molecule has 20 heavy (non-hydrogen) atoms. The van der Waals surface area contributed by atoms with E-state index in [1.54, 1.807) is 20.4 Å². The standard InChI is InChI=1S/C15H14N4O/c1-16-15-14(20-2)13(18-9-19-15)12-8-17-7-10-5-3-4-6-11(10)12/h3-9H,1-2H3,(H,16,18,19). The Balaban J connectivity index is 2.31. The number of nitrogens with zero attached hydrogens (tertiary/aromatic N) is 3. The van der Waals surface area contributed by atoms with Crippen LogP contribution >= 0.6 is 0 Å². The lowest BCUT2D eigenvalue weighted by Crippen LogP contribution is -2.01. The highest BCUT2D eigenvalue weighted by molar-refractivity contribution is 5.96. The van der Waals surface area contributed by atoms with Crippen molar-refractivity contribution >= 4 is 16.6 Å². The molecule has 1 N–H and O–H groups in total. The molecule has 0 aliphatic carbocycles. The van der Waals surface area contributed by atoms with Crippen LogP contribution in [0, 0.1) is 0 Å². The van der Waals surface area contributed by atoms with Crippen LogP contribution in [0.25, 0.3) is 22.0 Å². The molecule has 3 rings (SSSR count). The number of hydrogen-bond acceptors (Lipinski definition) is 5. The number of benzene rings is 1. The van der Waals surface area contributed by atoms with Gasteiger partial charge in [0.2, 0.25) is 0 Å². The number of hydrogen-bond donors (Lipinski definition) is 1. The lowest BCUT2D eigenvalue weighted by Gasteiger charge is -2.12. The number of pyridine rings is 1. The van der Waals surface area contributed by atoms with Crippen LogP contribution in [0.4, 0.5) is 5.82 Å². The van der Waals surface area contributed by atoms with Crippen LogP contribution in [0.1, 0.15) is 0 Å². The summed E-state index contributed by atoms with van der Waals surface area (Å²) in [5, 5.41) is 5.16. The summed E-state index contributed by atoms with van der Waals surface area (Å²) in [6.07, 6.45) is 5.16. The number of nitrogens with one attached hydrogen (secondary N) is 1. The molecule has 2 heterocycles. The number of fused-ring (bicyclic) bond motifs is 1. The molecule has 0 unspecified atom stereocenters. The van der Waals surface area contributed by atoms with Crippen LogP contribution in [0.3, 0.4) is 0 Å². The molecule has 0 radical (unpaired) electrons. The lowest BCUT2D eigenvalue weighted by molar-refractivity contribution is 0.415. The fraction of sp³-hybridized carbons (Fsp3) is 0.133. The van der Waals surface area contributed by atoms with E-state index in [0.717, 1.165) is 22.0 Å². The second kappa shape index (κ2) is 5.13. The van der Waals surface area contributed by atoms with Crippen LogP contribution in [-0.4, -0.2) is 29.1 Å². The smallest absolute Gasteiger partial charge is 0.187 e. The summed E-state index contributed by atoms with van der Waals surface area (Å²) in [5.74, 6) is 1.28. The third-order valence-electron chi connectivity index (χ3n) is 3.17. The summed E-state index contributed by atoms with van der Waals surface area (Å²) in [6, 6.07) is 8.06. The Morgan fingerprint density at radius 3 is 2.75 bits per heavy atom. The molecule has 0 saturated carbocycles. The minimum absolute atomic E-state index is 0.619. The molecular formula is C15H14N4O. The van der Waals surface area contributed by atoms with Gasteiger partial charge in [-0.1, -0.05) is 24.3 Å². The largest absolute Gasteiger partial charge is 0.491 e. The van der Waals surface area contributed by atoms with E-state index in [9.17, 15) is 0 Å². The molecule has 0 aliphatic heterocycles. The van der Waals surface area contributed by atoms with E-state index in [0.29, 0.717) is 11.6 Å². The van der Waals surface area contributed by atoms with Gasteiger partial charge in [0, 0.05) is 30.4 Å². The third kappa shape index (κ3) is 1.93. The van der Waals surface area contributed by atoms with Crippen LogP contribution in [0.2, 0.25) is 0 Å². The van der Waals surface area contributed by atoms with Crippen molar-refractivity contribution in [2.75, 3.05) is 19.5 Å². The van der Waals surface area contributed by atoms with Crippen LogP contribution < -0.4 is 10.1 Å². The number of aromatic nitrogens is 3. The van der Waals surface area contributed by atoms with Gasteiger partial charge in [-0.15, -0.1) is 0 Å². The topological polar surface area (TPSA) is 59.9 Å². The molecule has 5 heteroatoms. The van der Waals surface area contributed by atoms with Crippen molar-refractivity contribution in [2.45, 2.75) is 0 Å². The van der Waals surface area contributed by atoms with Crippen molar-refractivity contribution < 1.29 is 4.74 Å². The van der Waals surface area contributed by atoms with Gasteiger partial charge in [0.15, 0.2) is 11.6 Å². The summed E-state index contributed by atoms with van der Waals surface area (Å²) in [6.45, 7) is 0. The molecular weight excluding hydrogens is 252 g/mol. The zero-order chi connectivity index (χ0) is 13.9. The predicted octanol–water partition coefficient (Wildman–Crippen LogP) is 2.74. The average molecular weight is 266 g/mol. The van der Waals surface area contributed by atoms with E-state index < -0.39 is 0 Å². The Hall–Kier alpha value is -2.69. The Labute approximate surface area is 116 Å². The van der Waals surface area contributed by atoms with Gasteiger partial charge < -0.3 is 10.1 Å². The minimum atomic E-state index is 0.619. The van der Waals surface area contributed by atoms with Gasteiger partial charge in [-0.05, 0) is 5.39 Å². The van der Waals surface area contributed by atoms with E-state index in [1.807, 2.05) is 30.5 Å². The Bertz CT molecular complexity index is 752. The molecule has 0 aliphatic rings. The number of rotatable bonds is 3. The molecule has 0 amide bonds. The van der Waals surface area contributed by atoms with Crippen LogP contribution in [0.15, 0.2) is 43.0 Å². The van der Waals surface area contributed by atoms with E-state index in [2.05, 4.69) is 20.3 Å². The summed E-state index contributed by atoms with van der Waals surface area (Å²) >= 11 is 0. The van der Waals surface area contributed by atoms with E-state index in [4.69, 9.17) is 4.74 Å². The highest BCUT2D eigenvalue weighted by Crippen LogP contribution is 2.35. The molecule has 2 aromatic heterocycles. The summed E-state index contributed by atoms with van der Waals surface area (Å²) < 4.78 is 5.46. The number of methoxy groups -OCH3 is 1. The predicted molar refractivity (Wildman–Crippen MR) is 78.9 cm³/mol. The van der Waals surface area contributed by atoms with Crippen molar-refractivity contribution in [2.24, 2.45) is 0 Å². The maximum Gasteiger partial charge on any atom is 0.187 e. The quantitative estimate of drug-likeness (QED) is 0.789. The lowest BCUT2D eigenvalue weighted by atomic mass is 10.0. The van der Waals surface area contributed by atoms with Crippen molar-refractivity contribution in [3.63, 3.8) is 0 Å². The molecule has 0 spiro atoms. The van der Waals surface area contributed by atoms with Crippen molar-refractivity contribution in [3.8, 4) is 17.0 Å². The molecule has 1 aromatic carbocycles. The number of anilines is 1. The molecule has 0 saturated heterocycles. The van der Waals surface area contributed by atoms with Crippen LogP contribution in [0.5, 0.6) is 5.75 Å². The highest BCUT2D eigenvalue weighted by atomic mass is 16.5. The Morgan fingerprint density at radius 1 is 1.10 bits per heavy atom. The van der Waals surface area contributed by atoms with Gasteiger partial charge in [-0.2, -0.15) is 0 Å². The Kier molecular flexibility index (Phi) is 3.16. The summed E-state index contributed by atoms with van der Waals surface area (Å²) in [7, 11) is 3.41. The van der Waals surface area contributed by atoms with Crippen molar-refractivity contribution in [1.82, 2.24) is 15.0 Å². The van der Waals surface area contributed by atoms with Gasteiger partial charge in [0.1, 0.15) is 12.0 Å². The summed E-state index contributed by atoms with van der Waals surface area (Å²) in [4.78, 5) is 12.8. The van der Waals surface area contributed by atoms with Gasteiger partial charge in [-0.3, -0.25) is 4.98 Å². The summed E-state index contributed by atoms with van der Waals surface area (Å²) in [5.41, 5.74) is 1.66. The van der Waals surface area contributed by atoms with E-state index in [-0.39, 0.29) is 0 Å². The molecule has 0 atom stereocenters. The van der Waals surface area contributed by atoms with Crippen molar-refractivity contribution in [3.05, 3.63) is 43.0 Å². The number of ether oxygens (including phenoxy) is 1. The maximum absolute atomic E-state index is 5.46. The van der Waals surface area contributed by atoms with Crippen molar-refractivity contribution in [1.29, 1.82) is 0 Å². The third-order valence-corrected chi connectivity index (χ3v) is 3.17. The molecule has 0 fully saturated rings. The zero-order valence-corrected chi connectivity index (χ0v) is 11.3. The molecule has 5 nitrogen and oxygen atoms in total. The monoisotopic (exact) mass is 266 g/mol. The fourth-order valence-corrected chi connectivity index (χ4v) is 2.24. The SMILES string of the molecule is CNc1ncnc(-c2cncc3ccccc23)c1OC. The first-order valence-electron chi connectivity index (χ1n) is 6.25. The first-order chi connectivity index (χ1) is 9.85. The van der Waals surface area contributed by atoms with Crippen LogP contribution in [-0.2, 0) is 0 Å². The van der Waals surface area contributed by atoms with E-state index in [1.165, 1.54) is 6.33 Å². The first-order valence-corrected chi connectivity index (χ1v) is 6.25. The minimum Gasteiger partial charge on any atom is -0.491 e. The van der Waals surface area contributed by atoms with Gasteiger partial charge >= 0.3 is 0 Å². The highest BCUT2D eigenvalue weighted by Gasteiger charge is 2.15. The zero-order valence-electron chi connectivity index (χ0n) is 11.3. The fourth-order valence-electron chi connectivity index (χ4n) is 2.24. The maximum atomic E-state index is 5.46. The van der Waals surface area contributed by atoms with Gasteiger partial charge in [0.25, 0.3) is 0 Å². The molecule has 0 bridgehead atoms.